The molecule has 1 heterocycles. The monoisotopic (exact) mass is 304 g/mol. The van der Waals surface area contributed by atoms with Crippen LogP contribution in [0.4, 0.5) is 0 Å². The predicted octanol–water partition coefficient (Wildman–Crippen LogP) is 3.93. The third kappa shape index (κ3) is 3.83. The number of benzene rings is 1. The molecule has 0 unspecified atom stereocenters. The normalized spacial score (nSPS) is 10.9. The molecule has 0 atom stereocenters. The lowest BCUT2D eigenvalue weighted by Gasteiger charge is -2.11. The SMILES string of the molecule is CCc1nc(COc2cc(C)cc(C)c2C)sc1CNC. The van der Waals surface area contributed by atoms with E-state index in [4.69, 9.17) is 9.72 Å². The van der Waals surface area contributed by atoms with Gasteiger partial charge in [-0.25, -0.2) is 4.98 Å². The second-order valence-electron chi connectivity index (χ2n) is 5.35. The zero-order chi connectivity index (χ0) is 15.4. The Morgan fingerprint density at radius 1 is 1.24 bits per heavy atom. The van der Waals surface area contributed by atoms with Crippen molar-refractivity contribution in [3.05, 3.63) is 44.4 Å². The van der Waals surface area contributed by atoms with Crippen molar-refractivity contribution < 1.29 is 4.74 Å². The quantitative estimate of drug-likeness (QED) is 0.878. The zero-order valence-electron chi connectivity index (χ0n) is 13.5. The average molecular weight is 304 g/mol. The van der Waals surface area contributed by atoms with Crippen molar-refractivity contribution in [2.24, 2.45) is 0 Å². The van der Waals surface area contributed by atoms with Gasteiger partial charge < -0.3 is 10.1 Å². The topological polar surface area (TPSA) is 34.1 Å². The smallest absolute Gasteiger partial charge is 0.140 e. The molecular formula is C17H24N2OS. The van der Waals surface area contributed by atoms with Crippen molar-refractivity contribution in [1.82, 2.24) is 10.3 Å². The third-order valence-corrected chi connectivity index (χ3v) is 4.68. The van der Waals surface area contributed by atoms with E-state index in [0.717, 1.165) is 23.7 Å². The molecule has 0 aliphatic carbocycles. The highest BCUT2D eigenvalue weighted by molar-refractivity contribution is 7.11. The molecule has 2 aromatic rings. The number of hydrogen-bond acceptors (Lipinski definition) is 4. The van der Waals surface area contributed by atoms with E-state index in [-0.39, 0.29) is 0 Å². The number of aromatic nitrogens is 1. The van der Waals surface area contributed by atoms with Crippen molar-refractivity contribution in [2.45, 2.75) is 47.3 Å². The fraction of sp³-hybridized carbons (Fsp3) is 0.471. The van der Waals surface area contributed by atoms with Crippen molar-refractivity contribution in [2.75, 3.05) is 7.05 Å². The Hall–Kier alpha value is -1.39. The molecule has 1 aromatic carbocycles. The van der Waals surface area contributed by atoms with E-state index in [1.54, 1.807) is 11.3 Å². The van der Waals surface area contributed by atoms with Gasteiger partial charge in [-0.15, -0.1) is 11.3 Å². The van der Waals surface area contributed by atoms with Crippen LogP contribution in [-0.2, 0) is 19.6 Å². The number of rotatable bonds is 6. The minimum atomic E-state index is 0.547. The van der Waals surface area contributed by atoms with Crippen LogP contribution in [0.3, 0.4) is 0 Å². The molecule has 0 amide bonds. The van der Waals surface area contributed by atoms with Crippen LogP contribution in [0, 0.1) is 20.8 Å². The molecule has 2 rings (SSSR count). The number of hydrogen-bond donors (Lipinski definition) is 1. The molecule has 0 fully saturated rings. The first-order valence-corrected chi connectivity index (χ1v) is 8.19. The van der Waals surface area contributed by atoms with Crippen LogP contribution in [0.2, 0.25) is 0 Å². The van der Waals surface area contributed by atoms with Gasteiger partial charge in [-0.1, -0.05) is 13.0 Å². The summed E-state index contributed by atoms with van der Waals surface area (Å²) in [6.45, 7) is 9.90. The van der Waals surface area contributed by atoms with Gasteiger partial charge in [0.15, 0.2) is 0 Å². The fourth-order valence-electron chi connectivity index (χ4n) is 2.36. The zero-order valence-corrected chi connectivity index (χ0v) is 14.4. The molecule has 0 aliphatic heterocycles. The van der Waals surface area contributed by atoms with Gasteiger partial charge in [-0.2, -0.15) is 0 Å². The summed E-state index contributed by atoms with van der Waals surface area (Å²) in [5, 5.41) is 4.25. The molecule has 21 heavy (non-hydrogen) atoms. The average Bonchev–Trinajstić information content (AvgIpc) is 2.84. The summed E-state index contributed by atoms with van der Waals surface area (Å²) in [6.07, 6.45) is 0.968. The molecular weight excluding hydrogens is 280 g/mol. The van der Waals surface area contributed by atoms with Crippen LogP contribution in [0.5, 0.6) is 5.75 Å². The molecule has 1 N–H and O–H groups in total. The van der Waals surface area contributed by atoms with Crippen molar-refractivity contribution in [3.8, 4) is 5.75 Å². The lowest BCUT2D eigenvalue weighted by Crippen LogP contribution is -2.05. The number of thiazole rings is 1. The maximum absolute atomic E-state index is 6.00. The van der Waals surface area contributed by atoms with Crippen molar-refractivity contribution in [3.63, 3.8) is 0 Å². The summed E-state index contributed by atoms with van der Waals surface area (Å²) < 4.78 is 6.00. The largest absolute Gasteiger partial charge is 0.486 e. The summed E-state index contributed by atoms with van der Waals surface area (Å²) in [5.74, 6) is 0.968. The van der Waals surface area contributed by atoms with Crippen LogP contribution in [0.25, 0.3) is 0 Å². The van der Waals surface area contributed by atoms with E-state index < -0.39 is 0 Å². The van der Waals surface area contributed by atoms with Gasteiger partial charge in [0.2, 0.25) is 0 Å². The van der Waals surface area contributed by atoms with Gasteiger partial charge >= 0.3 is 0 Å². The van der Waals surface area contributed by atoms with E-state index in [9.17, 15) is 0 Å². The molecule has 4 heteroatoms. The molecule has 0 aliphatic rings. The Kier molecular flexibility index (Phi) is 5.37. The van der Waals surface area contributed by atoms with Crippen molar-refractivity contribution >= 4 is 11.3 Å². The second-order valence-corrected chi connectivity index (χ2v) is 6.52. The highest BCUT2D eigenvalue weighted by Crippen LogP contribution is 2.26. The van der Waals surface area contributed by atoms with Crippen LogP contribution in [0.1, 0.15) is 39.2 Å². The van der Waals surface area contributed by atoms with E-state index in [1.165, 1.54) is 27.3 Å². The summed E-state index contributed by atoms with van der Waals surface area (Å²) in [4.78, 5) is 6.01. The maximum Gasteiger partial charge on any atom is 0.140 e. The molecule has 0 saturated carbocycles. The summed E-state index contributed by atoms with van der Waals surface area (Å²) in [6, 6.07) is 4.29. The van der Waals surface area contributed by atoms with Gasteiger partial charge in [-0.05, 0) is 57.0 Å². The van der Waals surface area contributed by atoms with Crippen LogP contribution in [-0.4, -0.2) is 12.0 Å². The maximum atomic E-state index is 6.00. The molecule has 0 spiro atoms. The molecule has 0 saturated heterocycles. The number of ether oxygens (including phenoxy) is 1. The Balaban J connectivity index is 2.13. The highest BCUT2D eigenvalue weighted by atomic mass is 32.1. The molecule has 3 nitrogen and oxygen atoms in total. The van der Waals surface area contributed by atoms with E-state index in [0.29, 0.717) is 6.61 Å². The van der Waals surface area contributed by atoms with Gasteiger partial charge in [-0.3, -0.25) is 0 Å². The third-order valence-electron chi connectivity index (χ3n) is 3.61. The predicted molar refractivity (Wildman–Crippen MR) is 89.2 cm³/mol. The minimum Gasteiger partial charge on any atom is -0.486 e. The van der Waals surface area contributed by atoms with Gasteiger partial charge in [0.1, 0.15) is 17.4 Å². The Morgan fingerprint density at radius 2 is 2.00 bits per heavy atom. The van der Waals surface area contributed by atoms with E-state index >= 15 is 0 Å². The Bertz CT molecular complexity index is 619. The summed E-state index contributed by atoms with van der Waals surface area (Å²) >= 11 is 1.74. The first-order valence-electron chi connectivity index (χ1n) is 7.37. The van der Waals surface area contributed by atoms with Gasteiger partial charge in [0.25, 0.3) is 0 Å². The van der Waals surface area contributed by atoms with Crippen molar-refractivity contribution in [1.29, 1.82) is 0 Å². The number of nitrogens with one attached hydrogen (secondary N) is 1. The Labute approximate surface area is 131 Å². The number of aryl methyl sites for hydroxylation is 3. The molecule has 114 valence electrons. The van der Waals surface area contributed by atoms with Crippen LogP contribution in [0.15, 0.2) is 12.1 Å². The lowest BCUT2D eigenvalue weighted by molar-refractivity contribution is 0.303. The summed E-state index contributed by atoms with van der Waals surface area (Å²) in [7, 11) is 1.97. The number of nitrogens with zero attached hydrogens (tertiary/aromatic N) is 1. The van der Waals surface area contributed by atoms with Gasteiger partial charge in [0, 0.05) is 11.4 Å². The second kappa shape index (κ2) is 7.05. The fourth-order valence-corrected chi connectivity index (χ4v) is 3.45. The van der Waals surface area contributed by atoms with Crippen LogP contribution >= 0.6 is 11.3 Å². The van der Waals surface area contributed by atoms with E-state index in [2.05, 4.69) is 45.1 Å². The summed E-state index contributed by atoms with van der Waals surface area (Å²) in [5.41, 5.74) is 4.90. The molecule has 0 radical (unpaired) electrons. The van der Waals surface area contributed by atoms with Crippen LogP contribution < -0.4 is 10.1 Å². The first-order chi connectivity index (χ1) is 10.0. The first kappa shape index (κ1) is 16.0. The minimum absolute atomic E-state index is 0.547. The molecule has 0 bridgehead atoms. The Morgan fingerprint density at radius 3 is 2.67 bits per heavy atom. The molecule has 1 aromatic heterocycles. The standard InChI is InChI=1S/C17H24N2OS/c1-6-14-16(9-18-5)21-17(19-14)10-20-15-8-11(2)7-12(3)13(15)4/h7-8,18H,6,9-10H2,1-5H3. The highest BCUT2D eigenvalue weighted by Gasteiger charge is 2.11. The van der Waals surface area contributed by atoms with Gasteiger partial charge in [0.05, 0.1) is 5.69 Å². The lowest BCUT2D eigenvalue weighted by atomic mass is 10.1. The van der Waals surface area contributed by atoms with E-state index in [1.807, 2.05) is 7.05 Å².